The molecule has 0 saturated carbocycles. The number of rotatable bonds is 9. The summed E-state index contributed by atoms with van der Waals surface area (Å²) in [6.07, 6.45) is 0.629. The first kappa shape index (κ1) is 21.4. The molecule has 1 aromatic carbocycles. The van der Waals surface area contributed by atoms with Gasteiger partial charge in [-0.3, -0.25) is 4.79 Å². The van der Waals surface area contributed by atoms with Gasteiger partial charge in [0.2, 0.25) is 5.91 Å². The van der Waals surface area contributed by atoms with Crippen LogP contribution in [0.15, 0.2) is 28.8 Å². The topological polar surface area (TPSA) is 96.7 Å². The van der Waals surface area contributed by atoms with Crippen LogP contribution in [0.2, 0.25) is 0 Å². The quantitative estimate of drug-likeness (QED) is 0.641. The van der Waals surface area contributed by atoms with Crippen LogP contribution < -0.4 is 10.6 Å². The van der Waals surface area contributed by atoms with E-state index in [4.69, 9.17) is 9.26 Å². The van der Waals surface area contributed by atoms with E-state index in [1.807, 2.05) is 39.0 Å². The molecule has 0 radical (unpaired) electrons. The lowest BCUT2D eigenvalue weighted by Crippen LogP contribution is -2.41. The van der Waals surface area contributed by atoms with Crippen molar-refractivity contribution >= 4 is 23.4 Å². The van der Waals surface area contributed by atoms with E-state index in [9.17, 15) is 9.59 Å². The van der Waals surface area contributed by atoms with E-state index in [0.717, 1.165) is 16.8 Å². The maximum absolute atomic E-state index is 12.8. The molecule has 28 heavy (non-hydrogen) atoms. The lowest BCUT2D eigenvalue weighted by Gasteiger charge is -2.23. The first-order valence-electron chi connectivity index (χ1n) is 9.33. The molecule has 2 rings (SSSR count). The number of nitrogens with zero attached hydrogens (tertiary/aromatic N) is 2. The van der Waals surface area contributed by atoms with Gasteiger partial charge in [0.1, 0.15) is 12.3 Å². The first-order chi connectivity index (χ1) is 13.4. The predicted molar refractivity (Wildman–Crippen MR) is 107 cm³/mol. The van der Waals surface area contributed by atoms with Gasteiger partial charge in [0.25, 0.3) is 0 Å². The van der Waals surface area contributed by atoms with Crippen molar-refractivity contribution < 1.29 is 18.8 Å². The van der Waals surface area contributed by atoms with Gasteiger partial charge in [-0.25, -0.2) is 4.79 Å². The number of hydrogen-bond donors (Lipinski definition) is 2. The van der Waals surface area contributed by atoms with Crippen LogP contribution in [0, 0.1) is 20.8 Å². The summed E-state index contributed by atoms with van der Waals surface area (Å²) in [6, 6.07) is 7.00. The van der Waals surface area contributed by atoms with Gasteiger partial charge in [0.15, 0.2) is 5.82 Å². The zero-order valence-electron chi connectivity index (χ0n) is 16.9. The molecule has 0 unspecified atom stereocenters. The Morgan fingerprint density at radius 2 is 2.00 bits per heavy atom. The number of amides is 3. The van der Waals surface area contributed by atoms with Crippen molar-refractivity contribution in [3.63, 3.8) is 0 Å². The number of benzene rings is 1. The van der Waals surface area contributed by atoms with Gasteiger partial charge in [-0.2, -0.15) is 0 Å². The van der Waals surface area contributed by atoms with Crippen molar-refractivity contribution in [3.05, 3.63) is 41.2 Å². The van der Waals surface area contributed by atoms with Crippen LogP contribution in [0.5, 0.6) is 0 Å². The van der Waals surface area contributed by atoms with Crippen molar-refractivity contribution in [2.75, 3.05) is 36.9 Å². The Hall–Kier alpha value is -2.87. The lowest BCUT2D eigenvalue weighted by molar-refractivity contribution is -0.116. The Bertz CT molecular complexity index is 803. The number of hydrogen-bond acceptors (Lipinski definition) is 5. The molecule has 1 heterocycles. The molecule has 2 aromatic rings. The van der Waals surface area contributed by atoms with Crippen molar-refractivity contribution in [2.24, 2.45) is 0 Å². The summed E-state index contributed by atoms with van der Waals surface area (Å²) >= 11 is 0. The van der Waals surface area contributed by atoms with Crippen LogP contribution in [-0.2, 0) is 9.53 Å². The third-order valence-corrected chi connectivity index (χ3v) is 4.28. The second-order valence-electron chi connectivity index (χ2n) is 6.52. The van der Waals surface area contributed by atoms with Crippen LogP contribution in [0.25, 0.3) is 0 Å². The zero-order valence-corrected chi connectivity index (χ0v) is 16.9. The lowest BCUT2D eigenvalue weighted by atomic mass is 10.1. The zero-order chi connectivity index (χ0) is 20.5. The van der Waals surface area contributed by atoms with E-state index in [0.29, 0.717) is 37.8 Å². The number of aromatic nitrogens is 1. The molecule has 2 N–H and O–H groups in total. The average Bonchev–Trinajstić information content (AvgIpc) is 3.06. The Kier molecular flexibility index (Phi) is 8.01. The van der Waals surface area contributed by atoms with E-state index in [1.54, 1.807) is 13.0 Å². The number of nitrogens with one attached hydrogen (secondary N) is 2. The highest BCUT2D eigenvalue weighted by atomic mass is 16.5. The summed E-state index contributed by atoms with van der Waals surface area (Å²) in [5.74, 6) is 0.573. The Morgan fingerprint density at radius 1 is 1.21 bits per heavy atom. The number of anilines is 2. The molecule has 0 bridgehead atoms. The van der Waals surface area contributed by atoms with Crippen LogP contribution in [-0.4, -0.2) is 48.3 Å². The third-order valence-electron chi connectivity index (χ3n) is 4.28. The smallest absolute Gasteiger partial charge is 0.322 e. The molecule has 8 heteroatoms. The summed E-state index contributed by atoms with van der Waals surface area (Å²) in [6.45, 7) is 9.01. The molecule has 0 aliphatic heterocycles. The highest BCUT2D eigenvalue weighted by molar-refractivity contribution is 5.96. The van der Waals surface area contributed by atoms with Crippen molar-refractivity contribution in [1.29, 1.82) is 0 Å². The number of urea groups is 1. The Morgan fingerprint density at radius 3 is 2.68 bits per heavy atom. The minimum absolute atomic E-state index is 0.102. The van der Waals surface area contributed by atoms with Gasteiger partial charge in [0, 0.05) is 31.5 Å². The molecule has 1 aromatic heterocycles. The number of carbonyl (C=O) groups is 2. The average molecular weight is 388 g/mol. The molecule has 8 nitrogen and oxygen atoms in total. The van der Waals surface area contributed by atoms with E-state index in [-0.39, 0.29) is 18.5 Å². The normalized spacial score (nSPS) is 10.6. The minimum Gasteiger partial charge on any atom is -0.382 e. The molecule has 152 valence electrons. The number of aryl methyl sites for hydroxylation is 2. The molecular formula is C20H28N4O4. The molecule has 0 spiro atoms. The highest BCUT2D eigenvalue weighted by Gasteiger charge is 2.19. The molecule has 0 saturated heterocycles. The molecule has 0 aliphatic carbocycles. The van der Waals surface area contributed by atoms with E-state index >= 15 is 0 Å². The summed E-state index contributed by atoms with van der Waals surface area (Å²) in [4.78, 5) is 26.6. The first-order valence-corrected chi connectivity index (χ1v) is 9.33. The fourth-order valence-electron chi connectivity index (χ4n) is 2.62. The maximum Gasteiger partial charge on any atom is 0.322 e. The van der Waals surface area contributed by atoms with Gasteiger partial charge in [-0.1, -0.05) is 17.3 Å². The summed E-state index contributed by atoms with van der Waals surface area (Å²) in [5, 5.41) is 9.27. The van der Waals surface area contributed by atoms with Crippen LogP contribution in [0.3, 0.4) is 0 Å². The van der Waals surface area contributed by atoms with Gasteiger partial charge in [-0.05, 0) is 51.3 Å². The standard InChI is InChI=1S/C20H28N4O4/c1-5-27-11-7-10-24(13-19(25)22-18-12-15(3)28-23-18)20(26)21-17-9-6-8-14(2)16(17)4/h6,8-9,12H,5,7,10-11,13H2,1-4H3,(H,21,26)(H,22,23,25). The Balaban J connectivity index is 2.03. The predicted octanol–water partition coefficient (Wildman–Crippen LogP) is 3.50. The summed E-state index contributed by atoms with van der Waals surface area (Å²) < 4.78 is 10.3. The van der Waals surface area contributed by atoms with Crippen molar-refractivity contribution in [2.45, 2.75) is 34.1 Å². The molecule has 0 fully saturated rings. The summed E-state index contributed by atoms with van der Waals surface area (Å²) in [7, 11) is 0. The highest BCUT2D eigenvalue weighted by Crippen LogP contribution is 2.18. The fourth-order valence-corrected chi connectivity index (χ4v) is 2.62. The monoisotopic (exact) mass is 388 g/mol. The molecule has 0 atom stereocenters. The maximum atomic E-state index is 12.8. The molecule has 3 amide bonds. The number of carbonyl (C=O) groups excluding carboxylic acids is 2. The second kappa shape index (κ2) is 10.5. The third kappa shape index (κ3) is 6.38. The van der Waals surface area contributed by atoms with Gasteiger partial charge >= 0.3 is 6.03 Å². The fraction of sp³-hybridized carbons (Fsp3) is 0.450. The van der Waals surface area contributed by atoms with Gasteiger partial charge < -0.3 is 24.8 Å². The van der Waals surface area contributed by atoms with Crippen molar-refractivity contribution in [1.82, 2.24) is 10.1 Å². The van der Waals surface area contributed by atoms with E-state index < -0.39 is 0 Å². The molecule has 0 aliphatic rings. The van der Waals surface area contributed by atoms with Crippen LogP contribution in [0.4, 0.5) is 16.3 Å². The van der Waals surface area contributed by atoms with E-state index in [1.165, 1.54) is 4.90 Å². The Labute approximate surface area is 165 Å². The van der Waals surface area contributed by atoms with Gasteiger partial charge in [-0.15, -0.1) is 0 Å². The molecular weight excluding hydrogens is 360 g/mol. The van der Waals surface area contributed by atoms with E-state index in [2.05, 4.69) is 15.8 Å². The van der Waals surface area contributed by atoms with Crippen LogP contribution >= 0.6 is 0 Å². The van der Waals surface area contributed by atoms with Crippen LogP contribution in [0.1, 0.15) is 30.2 Å². The summed E-state index contributed by atoms with van der Waals surface area (Å²) in [5.41, 5.74) is 2.81. The second-order valence-corrected chi connectivity index (χ2v) is 6.52. The number of ether oxygens (including phenoxy) is 1. The van der Waals surface area contributed by atoms with Crippen molar-refractivity contribution in [3.8, 4) is 0 Å². The van der Waals surface area contributed by atoms with Gasteiger partial charge in [0.05, 0.1) is 0 Å². The SMILES string of the molecule is CCOCCCN(CC(=O)Nc1cc(C)on1)C(=O)Nc1cccc(C)c1C. The minimum atomic E-state index is -0.346. The largest absolute Gasteiger partial charge is 0.382 e.